The second-order valence-electron chi connectivity index (χ2n) is 5.48. The molecule has 2 aromatic carbocycles. The Kier molecular flexibility index (Phi) is 6.19. The summed E-state index contributed by atoms with van der Waals surface area (Å²) in [5.41, 5.74) is 3.64. The maximum atomic E-state index is 12.2. The molecule has 2 aromatic rings. The fourth-order valence-corrected chi connectivity index (χ4v) is 4.40. The summed E-state index contributed by atoms with van der Waals surface area (Å²) in [5, 5.41) is 0.727. The lowest BCUT2D eigenvalue weighted by atomic mass is 10.1. The normalized spacial score (nSPS) is 16.4. The number of nitrogens with zero attached hydrogens (tertiary/aromatic N) is 1. The molecule has 0 saturated heterocycles. The molecule has 1 heterocycles. The van der Waals surface area contributed by atoms with Crippen molar-refractivity contribution in [2.24, 2.45) is 4.99 Å². The number of hydrogen-bond acceptors (Lipinski definition) is 4. The van der Waals surface area contributed by atoms with Gasteiger partial charge in [0.05, 0.1) is 0 Å². The summed E-state index contributed by atoms with van der Waals surface area (Å²) in [6, 6.07) is 17.7. The van der Waals surface area contributed by atoms with E-state index in [1.54, 1.807) is 0 Å². The Hall–Kier alpha value is -1.75. The molecule has 0 aromatic heterocycles. The molecule has 1 aliphatic heterocycles. The van der Waals surface area contributed by atoms with Crippen LogP contribution in [0.2, 0.25) is 5.02 Å². The molecule has 0 atom stereocenters. The molecule has 3 rings (SSSR count). The maximum absolute atomic E-state index is 12.2. The molecule has 25 heavy (non-hydrogen) atoms. The zero-order chi connectivity index (χ0) is 17.6. The fraction of sp³-hybridized carbons (Fsp3) is 0.100. The highest BCUT2D eigenvalue weighted by atomic mass is 35.5. The van der Waals surface area contributed by atoms with Crippen LogP contribution in [0.5, 0.6) is 0 Å². The van der Waals surface area contributed by atoms with Crippen LogP contribution in [-0.4, -0.2) is 9.49 Å². The summed E-state index contributed by atoms with van der Waals surface area (Å²) in [4.78, 5) is 16.6. The first-order chi connectivity index (χ1) is 12.1. The first kappa shape index (κ1) is 18.1. The van der Waals surface area contributed by atoms with E-state index < -0.39 is 0 Å². The van der Waals surface area contributed by atoms with Crippen LogP contribution in [0.4, 0.5) is 0 Å². The van der Waals surface area contributed by atoms with E-state index in [1.807, 2.05) is 73.7 Å². The Morgan fingerprint density at radius 3 is 2.64 bits per heavy atom. The summed E-state index contributed by atoms with van der Waals surface area (Å²) in [6.07, 6.45) is 3.88. The van der Waals surface area contributed by atoms with Crippen LogP contribution in [0.1, 0.15) is 18.1 Å². The van der Waals surface area contributed by atoms with Crippen molar-refractivity contribution in [3.63, 3.8) is 0 Å². The number of benzene rings is 2. The number of thioether (sulfide) groups is 2. The van der Waals surface area contributed by atoms with Crippen molar-refractivity contribution in [1.29, 1.82) is 0 Å². The van der Waals surface area contributed by atoms with Crippen LogP contribution in [0.3, 0.4) is 0 Å². The van der Waals surface area contributed by atoms with Crippen molar-refractivity contribution in [2.45, 2.75) is 12.7 Å². The third-order valence-electron chi connectivity index (χ3n) is 3.47. The molecule has 0 unspecified atom stereocenters. The zero-order valence-corrected chi connectivity index (χ0v) is 16.0. The smallest absolute Gasteiger partial charge is 0.244 e. The lowest BCUT2D eigenvalue weighted by molar-refractivity contribution is -0.107. The van der Waals surface area contributed by atoms with Gasteiger partial charge in [0, 0.05) is 10.8 Å². The standard InChI is InChI=1S/C20H16ClNOS2/c1-14(11-15-7-3-2-4-8-15)12-18-19(23)25-20(22-18)24-13-16-9-5-6-10-17(16)21/h2-12H,13H2,1H3/b14-11+,18-12+. The predicted octanol–water partition coefficient (Wildman–Crippen LogP) is 6.19. The Balaban J connectivity index is 1.69. The summed E-state index contributed by atoms with van der Waals surface area (Å²) in [7, 11) is 0. The van der Waals surface area contributed by atoms with E-state index >= 15 is 0 Å². The second-order valence-corrected chi connectivity index (χ2v) is 8.07. The van der Waals surface area contributed by atoms with Crippen molar-refractivity contribution in [3.8, 4) is 0 Å². The average Bonchev–Trinajstić information content (AvgIpc) is 2.94. The van der Waals surface area contributed by atoms with Crippen LogP contribution < -0.4 is 0 Å². The van der Waals surface area contributed by atoms with E-state index in [9.17, 15) is 4.79 Å². The molecular formula is C20H16ClNOS2. The van der Waals surface area contributed by atoms with Crippen molar-refractivity contribution < 1.29 is 4.79 Å². The van der Waals surface area contributed by atoms with Gasteiger partial charge in [-0.1, -0.05) is 78.0 Å². The predicted molar refractivity (Wildman–Crippen MR) is 111 cm³/mol. The van der Waals surface area contributed by atoms with Gasteiger partial charge in [-0.05, 0) is 47.5 Å². The quantitative estimate of drug-likeness (QED) is 0.587. The molecule has 0 saturated carbocycles. The van der Waals surface area contributed by atoms with Gasteiger partial charge in [-0.3, -0.25) is 4.79 Å². The molecule has 5 heteroatoms. The number of hydrogen-bond donors (Lipinski definition) is 0. The van der Waals surface area contributed by atoms with E-state index in [2.05, 4.69) is 4.99 Å². The summed E-state index contributed by atoms with van der Waals surface area (Å²) >= 11 is 8.89. The Bertz CT molecular complexity index is 872. The Labute approximate surface area is 161 Å². The third kappa shape index (κ3) is 5.11. The first-order valence-corrected chi connectivity index (χ1v) is 9.92. The lowest BCUT2D eigenvalue weighted by Gasteiger charge is -2.02. The van der Waals surface area contributed by atoms with E-state index in [0.29, 0.717) is 11.4 Å². The molecule has 0 fully saturated rings. The number of carbonyl (C=O) groups excluding carboxylic acids is 1. The van der Waals surface area contributed by atoms with E-state index in [1.165, 1.54) is 23.5 Å². The molecule has 0 N–H and O–H groups in total. The Morgan fingerprint density at radius 2 is 1.88 bits per heavy atom. The topological polar surface area (TPSA) is 29.4 Å². The van der Waals surface area contributed by atoms with Gasteiger partial charge in [0.2, 0.25) is 5.12 Å². The van der Waals surface area contributed by atoms with Crippen LogP contribution in [0, 0.1) is 0 Å². The summed E-state index contributed by atoms with van der Waals surface area (Å²) < 4.78 is 0.767. The van der Waals surface area contributed by atoms with Gasteiger partial charge in [-0.2, -0.15) is 0 Å². The van der Waals surface area contributed by atoms with Gasteiger partial charge in [0.1, 0.15) is 10.1 Å². The number of allylic oxidation sites excluding steroid dienone is 2. The van der Waals surface area contributed by atoms with Crippen LogP contribution in [0.15, 0.2) is 76.9 Å². The fourth-order valence-electron chi connectivity index (χ4n) is 2.28. The molecule has 126 valence electrons. The minimum absolute atomic E-state index is 0.0116. The maximum Gasteiger partial charge on any atom is 0.244 e. The monoisotopic (exact) mass is 385 g/mol. The van der Waals surface area contributed by atoms with Gasteiger partial charge < -0.3 is 0 Å². The highest BCUT2D eigenvalue weighted by Crippen LogP contribution is 2.33. The van der Waals surface area contributed by atoms with Crippen LogP contribution in [0.25, 0.3) is 6.08 Å². The van der Waals surface area contributed by atoms with Gasteiger partial charge in [-0.15, -0.1) is 0 Å². The highest BCUT2D eigenvalue weighted by molar-refractivity contribution is 8.45. The number of rotatable bonds is 4. The minimum Gasteiger partial charge on any atom is -0.279 e. The number of aliphatic imine (C=N–C) groups is 1. The molecule has 0 aliphatic carbocycles. The zero-order valence-electron chi connectivity index (χ0n) is 13.6. The van der Waals surface area contributed by atoms with E-state index in [0.717, 1.165) is 26.1 Å². The van der Waals surface area contributed by atoms with E-state index in [-0.39, 0.29) is 5.12 Å². The molecule has 0 spiro atoms. The van der Waals surface area contributed by atoms with E-state index in [4.69, 9.17) is 11.6 Å². The van der Waals surface area contributed by atoms with Gasteiger partial charge in [-0.25, -0.2) is 4.99 Å². The molecule has 0 amide bonds. The number of halogens is 1. The Morgan fingerprint density at radius 1 is 1.16 bits per heavy atom. The van der Waals surface area contributed by atoms with Gasteiger partial charge in [0.25, 0.3) is 0 Å². The largest absolute Gasteiger partial charge is 0.279 e. The second kappa shape index (κ2) is 8.56. The summed E-state index contributed by atoms with van der Waals surface area (Å²) in [5.74, 6) is 0.699. The number of carbonyl (C=O) groups is 1. The lowest BCUT2D eigenvalue weighted by Crippen LogP contribution is -1.89. The van der Waals surface area contributed by atoms with Crippen molar-refractivity contribution in [1.82, 2.24) is 0 Å². The first-order valence-electron chi connectivity index (χ1n) is 7.74. The highest BCUT2D eigenvalue weighted by Gasteiger charge is 2.22. The molecule has 2 nitrogen and oxygen atoms in total. The molecule has 0 bridgehead atoms. The molecule has 0 radical (unpaired) electrons. The molecule has 1 aliphatic rings. The van der Waals surface area contributed by atoms with Gasteiger partial charge >= 0.3 is 0 Å². The van der Waals surface area contributed by atoms with Gasteiger partial charge in [0.15, 0.2) is 0 Å². The van der Waals surface area contributed by atoms with Crippen molar-refractivity contribution in [2.75, 3.05) is 0 Å². The van der Waals surface area contributed by atoms with Crippen molar-refractivity contribution in [3.05, 3.63) is 88.1 Å². The van der Waals surface area contributed by atoms with Crippen molar-refractivity contribution >= 4 is 50.7 Å². The SMILES string of the molecule is CC(=C\c1ccccc1)/C=C1/N=C(SCc2ccccc2Cl)SC1=O. The summed E-state index contributed by atoms with van der Waals surface area (Å²) in [6.45, 7) is 1.97. The minimum atomic E-state index is -0.0116. The van der Waals surface area contributed by atoms with Crippen LogP contribution in [-0.2, 0) is 10.5 Å². The molecular weight excluding hydrogens is 370 g/mol. The van der Waals surface area contributed by atoms with Crippen LogP contribution >= 0.6 is 35.1 Å². The average molecular weight is 386 g/mol. The third-order valence-corrected chi connectivity index (χ3v) is 5.89.